The highest BCUT2D eigenvalue weighted by atomic mass is 16.2. The molecule has 1 atom stereocenters. The number of rotatable bonds is 8. The molecule has 1 amide bonds. The van der Waals surface area contributed by atoms with Crippen LogP contribution in [0, 0.1) is 20.8 Å². The van der Waals surface area contributed by atoms with E-state index in [2.05, 4.69) is 15.1 Å². The molecule has 35 heavy (non-hydrogen) atoms. The second-order valence-corrected chi connectivity index (χ2v) is 8.94. The van der Waals surface area contributed by atoms with Crippen molar-refractivity contribution in [2.45, 2.75) is 66.6 Å². The number of imidazole rings is 1. The number of nitrogens with two attached hydrogens (primary N) is 1. The van der Waals surface area contributed by atoms with Crippen molar-refractivity contribution in [2.75, 3.05) is 0 Å². The summed E-state index contributed by atoms with van der Waals surface area (Å²) in [6.45, 7) is 10.5. The highest BCUT2D eigenvalue weighted by molar-refractivity contribution is 5.82. The van der Waals surface area contributed by atoms with Crippen molar-refractivity contribution in [3.8, 4) is 11.5 Å². The Balaban J connectivity index is 1.87. The molecule has 1 aromatic carbocycles. The molecule has 0 aliphatic heterocycles. The van der Waals surface area contributed by atoms with Gasteiger partial charge in [-0.2, -0.15) is 5.10 Å². The monoisotopic (exact) mass is 477 g/mol. The minimum Gasteiger partial charge on any atom is -0.368 e. The van der Waals surface area contributed by atoms with Crippen LogP contribution in [0.5, 0.6) is 0 Å². The van der Waals surface area contributed by atoms with E-state index in [1.165, 1.54) is 9.13 Å². The van der Waals surface area contributed by atoms with Crippen LogP contribution in [-0.2, 0) is 17.9 Å². The molecule has 10 nitrogen and oxygen atoms in total. The molecule has 0 aliphatic carbocycles. The van der Waals surface area contributed by atoms with E-state index in [0.29, 0.717) is 48.8 Å². The summed E-state index contributed by atoms with van der Waals surface area (Å²) < 4.78 is 4.34. The third kappa shape index (κ3) is 4.20. The fourth-order valence-corrected chi connectivity index (χ4v) is 4.36. The molecule has 0 bridgehead atoms. The maximum atomic E-state index is 13.0. The van der Waals surface area contributed by atoms with E-state index in [1.54, 1.807) is 10.7 Å². The average molecular weight is 478 g/mol. The Labute approximate surface area is 202 Å². The number of carbonyl (C=O) groups excluding carboxylic acids is 1. The molecule has 0 spiro atoms. The number of H-pyrrole nitrogens is 1. The summed E-state index contributed by atoms with van der Waals surface area (Å²) in [5.41, 5.74) is 9.65. The summed E-state index contributed by atoms with van der Waals surface area (Å²) in [7, 11) is 0. The Bertz CT molecular complexity index is 1540. The SMILES string of the molecule is CCCn1c(=O)c2[nH]c(-c3cc(C)n(C(C(N)=O)c4ccc(C)c(C)c4)n3)nc2n(CCC)c1=O. The predicted octanol–water partition coefficient (Wildman–Crippen LogP) is 2.57. The molecule has 1 unspecified atom stereocenters. The lowest BCUT2D eigenvalue weighted by molar-refractivity contribution is -0.120. The number of amides is 1. The Hall–Kier alpha value is -3.95. The zero-order valence-corrected chi connectivity index (χ0v) is 20.8. The Morgan fingerprint density at radius 2 is 1.71 bits per heavy atom. The third-order valence-electron chi connectivity index (χ3n) is 6.28. The van der Waals surface area contributed by atoms with Gasteiger partial charge in [-0.3, -0.25) is 23.4 Å². The number of carbonyl (C=O) groups is 1. The first kappa shape index (κ1) is 24.2. The zero-order valence-electron chi connectivity index (χ0n) is 20.8. The molecular weight excluding hydrogens is 446 g/mol. The number of hydrogen-bond acceptors (Lipinski definition) is 5. The highest BCUT2D eigenvalue weighted by Crippen LogP contribution is 2.25. The standard InChI is InChI=1S/C25H31N7O3/c1-6-10-30-23-19(24(34)31(11-7-2)25(30)35)27-22(28-23)18-13-16(5)32(29-18)20(21(26)33)17-9-8-14(3)15(4)12-17/h8-9,12-13,20H,6-7,10-11H2,1-5H3,(H2,26,33)(H,27,28). The first-order valence-corrected chi connectivity index (χ1v) is 11.8. The smallest absolute Gasteiger partial charge is 0.332 e. The number of aromatic nitrogens is 6. The van der Waals surface area contributed by atoms with Gasteiger partial charge in [0, 0.05) is 18.8 Å². The molecule has 184 valence electrons. The van der Waals surface area contributed by atoms with Crippen molar-refractivity contribution in [1.29, 1.82) is 0 Å². The molecular formula is C25H31N7O3. The van der Waals surface area contributed by atoms with Crippen molar-refractivity contribution in [2.24, 2.45) is 5.73 Å². The van der Waals surface area contributed by atoms with Gasteiger partial charge < -0.3 is 10.7 Å². The van der Waals surface area contributed by atoms with E-state index >= 15 is 0 Å². The number of hydrogen-bond donors (Lipinski definition) is 2. The van der Waals surface area contributed by atoms with Gasteiger partial charge in [-0.1, -0.05) is 32.0 Å². The van der Waals surface area contributed by atoms with Crippen molar-refractivity contribution in [1.82, 2.24) is 28.9 Å². The highest BCUT2D eigenvalue weighted by Gasteiger charge is 2.25. The van der Waals surface area contributed by atoms with Crippen LogP contribution in [0.25, 0.3) is 22.7 Å². The molecule has 0 saturated heterocycles. The van der Waals surface area contributed by atoms with Crippen LogP contribution in [0.1, 0.15) is 55.1 Å². The summed E-state index contributed by atoms with van der Waals surface area (Å²) in [5.74, 6) is -0.185. The number of fused-ring (bicyclic) bond motifs is 1. The maximum absolute atomic E-state index is 13.0. The van der Waals surface area contributed by atoms with Gasteiger partial charge in [-0.15, -0.1) is 0 Å². The first-order chi connectivity index (χ1) is 16.7. The minimum atomic E-state index is -0.799. The lowest BCUT2D eigenvalue weighted by atomic mass is 10.0. The van der Waals surface area contributed by atoms with Gasteiger partial charge in [0.1, 0.15) is 11.2 Å². The Morgan fingerprint density at radius 1 is 1.03 bits per heavy atom. The number of nitrogens with one attached hydrogen (secondary N) is 1. The molecule has 0 radical (unpaired) electrons. The van der Waals surface area contributed by atoms with Crippen molar-refractivity contribution in [3.05, 3.63) is 67.5 Å². The number of nitrogens with zero attached hydrogens (tertiary/aromatic N) is 5. The van der Waals surface area contributed by atoms with Crippen LogP contribution < -0.4 is 17.0 Å². The summed E-state index contributed by atoms with van der Waals surface area (Å²) in [5, 5.41) is 4.64. The van der Waals surface area contributed by atoms with Crippen LogP contribution >= 0.6 is 0 Å². The molecule has 0 fully saturated rings. The topological polar surface area (TPSA) is 134 Å². The van der Waals surface area contributed by atoms with Gasteiger partial charge >= 0.3 is 5.69 Å². The number of benzene rings is 1. The maximum Gasteiger partial charge on any atom is 0.332 e. The molecule has 0 saturated carbocycles. The number of aryl methyl sites for hydroxylation is 4. The van der Waals surface area contributed by atoms with Gasteiger partial charge in [0.25, 0.3) is 5.56 Å². The van der Waals surface area contributed by atoms with Crippen molar-refractivity contribution in [3.63, 3.8) is 0 Å². The minimum absolute atomic E-state index is 0.259. The fraction of sp³-hybridized carbons (Fsp3) is 0.400. The quantitative estimate of drug-likeness (QED) is 0.402. The van der Waals surface area contributed by atoms with E-state index in [9.17, 15) is 14.4 Å². The first-order valence-electron chi connectivity index (χ1n) is 11.8. The van der Waals surface area contributed by atoms with Gasteiger partial charge in [0.05, 0.1) is 0 Å². The zero-order chi connectivity index (χ0) is 25.4. The number of aromatic amines is 1. The molecule has 4 rings (SSSR count). The van der Waals surface area contributed by atoms with E-state index < -0.39 is 17.5 Å². The summed E-state index contributed by atoms with van der Waals surface area (Å²) >= 11 is 0. The molecule has 10 heteroatoms. The van der Waals surface area contributed by atoms with Crippen LogP contribution in [-0.4, -0.2) is 34.8 Å². The lowest BCUT2D eigenvalue weighted by Gasteiger charge is -2.17. The normalized spacial score (nSPS) is 12.4. The molecule has 4 aromatic rings. The predicted molar refractivity (Wildman–Crippen MR) is 134 cm³/mol. The Kier molecular flexibility index (Phi) is 6.47. The van der Waals surface area contributed by atoms with Crippen LogP contribution in [0.4, 0.5) is 0 Å². The fourth-order valence-electron chi connectivity index (χ4n) is 4.36. The van der Waals surface area contributed by atoms with Crippen LogP contribution in [0.2, 0.25) is 0 Å². The molecule has 3 aromatic heterocycles. The van der Waals surface area contributed by atoms with Crippen LogP contribution in [0.3, 0.4) is 0 Å². The van der Waals surface area contributed by atoms with Gasteiger partial charge in [-0.05, 0) is 56.4 Å². The summed E-state index contributed by atoms with van der Waals surface area (Å²) in [6, 6.07) is 6.74. The van der Waals surface area contributed by atoms with E-state index in [0.717, 1.165) is 16.7 Å². The average Bonchev–Trinajstić information content (AvgIpc) is 3.41. The number of primary amides is 1. The van der Waals surface area contributed by atoms with E-state index in [4.69, 9.17) is 5.73 Å². The third-order valence-corrected chi connectivity index (χ3v) is 6.28. The van der Waals surface area contributed by atoms with Crippen molar-refractivity contribution < 1.29 is 4.79 Å². The molecule has 3 N–H and O–H groups in total. The van der Waals surface area contributed by atoms with Gasteiger partial charge in [0.15, 0.2) is 17.5 Å². The second kappa shape index (κ2) is 9.36. The van der Waals surface area contributed by atoms with Crippen LogP contribution in [0.15, 0.2) is 33.9 Å². The van der Waals surface area contributed by atoms with E-state index in [1.807, 2.05) is 52.8 Å². The van der Waals surface area contributed by atoms with Gasteiger partial charge in [0.2, 0.25) is 5.91 Å². The summed E-state index contributed by atoms with van der Waals surface area (Å²) in [6.07, 6.45) is 1.37. The molecule has 0 aliphatic rings. The largest absolute Gasteiger partial charge is 0.368 e. The molecule has 3 heterocycles. The van der Waals surface area contributed by atoms with Gasteiger partial charge in [-0.25, -0.2) is 9.78 Å². The second-order valence-electron chi connectivity index (χ2n) is 8.94. The van der Waals surface area contributed by atoms with E-state index in [-0.39, 0.29) is 11.2 Å². The lowest BCUT2D eigenvalue weighted by Crippen LogP contribution is -2.40. The summed E-state index contributed by atoms with van der Waals surface area (Å²) in [4.78, 5) is 46.2. The van der Waals surface area contributed by atoms with Crippen molar-refractivity contribution >= 4 is 17.1 Å². The Morgan fingerprint density at radius 3 is 2.34 bits per heavy atom.